The van der Waals surface area contributed by atoms with Crippen molar-refractivity contribution in [1.82, 2.24) is 0 Å². The predicted molar refractivity (Wildman–Crippen MR) is 72.9 cm³/mol. The average molecular weight is 261 g/mol. The molecule has 0 bridgehead atoms. The predicted octanol–water partition coefficient (Wildman–Crippen LogP) is 2.32. The lowest BCUT2D eigenvalue weighted by molar-refractivity contribution is 0.0212. The summed E-state index contributed by atoms with van der Waals surface area (Å²) in [5.74, 6) is -0.850. The summed E-state index contributed by atoms with van der Waals surface area (Å²) in [7, 11) is 0. The molecular weight excluding hydrogens is 242 g/mol. The van der Waals surface area contributed by atoms with Crippen LogP contribution in [-0.2, 0) is 11.2 Å². The smallest absolute Gasteiger partial charge is 0.335 e. The molecule has 4 nitrogen and oxygen atoms in total. The number of nitrogens with zero attached hydrogens (tertiary/aromatic N) is 1. The van der Waals surface area contributed by atoms with E-state index in [0.717, 1.165) is 38.1 Å². The van der Waals surface area contributed by atoms with Crippen molar-refractivity contribution in [2.45, 2.75) is 31.8 Å². The Bertz CT molecular complexity index is 480. The number of fused-ring (bicyclic) bond motifs is 1. The zero-order valence-electron chi connectivity index (χ0n) is 11.0. The van der Waals surface area contributed by atoms with Gasteiger partial charge < -0.3 is 14.7 Å². The van der Waals surface area contributed by atoms with Gasteiger partial charge >= 0.3 is 5.97 Å². The summed E-state index contributed by atoms with van der Waals surface area (Å²) in [5, 5.41) is 9.01. The SMILES string of the molecule is O=C(O)c1ccc2c(c1)CCN2CC1CCCCO1. The summed E-state index contributed by atoms with van der Waals surface area (Å²) in [6.45, 7) is 2.78. The minimum atomic E-state index is -0.850. The molecule has 1 N–H and O–H groups in total. The minimum Gasteiger partial charge on any atom is -0.478 e. The Morgan fingerprint density at radius 2 is 2.32 bits per heavy atom. The molecule has 1 atom stereocenters. The third-order valence-corrected chi connectivity index (χ3v) is 4.02. The Balaban J connectivity index is 1.72. The van der Waals surface area contributed by atoms with Gasteiger partial charge in [-0.25, -0.2) is 4.79 Å². The lowest BCUT2D eigenvalue weighted by Crippen LogP contribution is -2.34. The number of hydrogen-bond donors (Lipinski definition) is 1. The van der Waals surface area contributed by atoms with Crippen LogP contribution in [0.1, 0.15) is 35.2 Å². The van der Waals surface area contributed by atoms with Gasteiger partial charge in [0.05, 0.1) is 11.7 Å². The van der Waals surface area contributed by atoms with Gasteiger partial charge in [0.2, 0.25) is 0 Å². The Hall–Kier alpha value is -1.55. The first-order valence-electron chi connectivity index (χ1n) is 6.97. The van der Waals surface area contributed by atoms with Crippen molar-refractivity contribution in [2.24, 2.45) is 0 Å². The van der Waals surface area contributed by atoms with E-state index < -0.39 is 5.97 Å². The molecule has 1 fully saturated rings. The molecule has 2 heterocycles. The van der Waals surface area contributed by atoms with Gasteiger partial charge in [-0.2, -0.15) is 0 Å². The molecule has 3 rings (SSSR count). The van der Waals surface area contributed by atoms with E-state index in [4.69, 9.17) is 9.84 Å². The Morgan fingerprint density at radius 1 is 1.42 bits per heavy atom. The molecule has 19 heavy (non-hydrogen) atoms. The van der Waals surface area contributed by atoms with E-state index in [-0.39, 0.29) is 0 Å². The monoisotopic (exact) mass is 261 g/mol. The first-order chi connectivity index (χ1) is 9.24. The van der Waals surface area contributed by atoms with Gasteiger partial charge in [-0.3, -0.25) is 0 Å². The summed E-state index contributed by atoms with van der Waals surface area (Å²) in [6, 6.07) is 5.44. The van der Waals surface area contributed by atoms with Gasteiger partial charge in [-0.1, -0.05) is 0 Å². The van der Waals surface area contributed by atoms with Crippen molar-refractivity contribution in [2.75, 3.05) is 24.6 Å². The van der Waals surface area contributed by atoms with E-state index in [1.807, 2.05) is 6.07 Å². The fraction of sp³-hybridized carbons (Fsp3) is 0.533. The minimum absolute atomic E-state index is 0.332. The Labute approximate surface area is 113 Å². The number of carbonyl (C=O) groups is 1. The maximum absolute atomic E-state index is 11.0. The highest BCUT2D eigenvalue weighted by atomic mass is 16.5. The van der Waals surface area contributed by atoms with Crippen LogP contribution in [-0.4, -0.2) is 36.9 Å². The van der Waals surface area contributed by atoms with Gasteiger partial charge in [0, 0.05) is 25.4 Å². The molecule has 0 spiro atoms. The largest absolute Gasteiger partial charge is 0.478 e. The maximum Gasteiger partial charge on any atom is 0.335 e. The molecule has 4 heteroatoms. The van der Waals surface area contributed by atoms with Crippen LogP contribution in [0.4, 0.5) is 5.69 Å². The summed E-state index contributed by atoms with van der Waals surface area (Å²) >= 11 is 0. The van der Waals surface area contributed by atoms with Crippen LogP contribution in [0.15, 0.2) is 18.2 Å². The Morgan fingerprint density at radius 3 is 3.05 bits per heavy atom. The summed E-state index contributed by atoms with van der Waals surface area (Å²) < 4.78 is 5.78. The molecule has 0 aliphatic carbocycles. The number of carboxylic acid groups (broad SMARTS) is 1. The Kier molecular flexibility index (Phi) is 3.42. The highest BCUT2D eigenvalue weighted by Crippen LogP contribution is 2.30. The molecule has 1 unspecified atom stereocenters. The number of benzene rings is 1. The van der Waals surface area contributed by atoms with Crippen molar-refractivity contribution in [3.05, 3.63) is 29.3 Å². The number of rotatable bonds is 3. The molecule has 1 saturated heterocycles. The van der Waals surface area contributed by atoms with Crippen LogP contribution in [0, 0.1) is 0 Å². The van der Waals surface area contributed by atoms with Crippen molar-refractivity contribution < 1.29 is 14.6 Å². The fourth-order valence-electron chi connectivity index (χ4n) is 2.99. The van der Waals surface area contributed by atoms with E-state index in [1.54, 1.807) is 12.1 Å². The van der Waals surface area contributed by atoms with Crippen LogP contribution in [0.25, 0.3) is 0 Å². The van der Waals surface area contributed by atoms with Crippen LogP contribution in [0.3, 0.4) is 0 Å². The fourth-order valence-corrected chi connectivity index (χ4v) is 2.99. The van der Waals surface area contributed by atoms with Gasteiger partial charge in [0.15, 0.2) is 0 Å². The summed E-state index contributed by atoms with van der Waals surface area (Å²) in [6.07, 6.45) is 4.83. The number of ether oxygens (including phenoxy) is 1. The van der Waals surface area contributed by atoms with Gasteiger partial charge in [0.25, 0.3) is 0 Å². The standard InChI is InChI=1S/C15H19NO3/c17-15(18)12-4-5-14-11(9-12)6-7-16(14)10-13-3-1-2-8-19-13/h4-5,9,13H,1-3,6-8,10H2,(H,17,18). The summed E-state index contributed by atoms with van der Waals surface area (Å²) in [5.41, 5.74) is 2.71. The second kappa shape index (κ2) is 5.21. The van der Waals surface area contributed by atoms with Crippen LogP contribution in [0.5, 0.6) is 0 Å². The quantitative estimate of drug-likeness (QED) is 0.907. The third-order valence-electron chi connectivity index (χ3n) is 4.02. The highest BCUT2D eigenvalue weighted by molar-refractivity contribution is 5.88. The molecular formula is C15H19NO3. The van der Waals surface area contributed by atoms with E-state index in [0.29, 0.717) is 11.7 Å². The summed E-state index contributed by atoms with van der Waals surface area (Å²) in [4.78, 5) is 13.3. The molecule has 0 radical (unpaired) electrons. The van der Waals surface area contributed by atoms with Crippen molar-refractivity contribution >= 4 is 11.7 Å². The lowest BCUT2D eigenvalue weighted by atomic mass is 10.1. The lowest BCUT2D eigenvalue weighted by Gasteiger charge is -2.28. The van der Waals surface area contributed by atoms with E-state index in [9.17, 15) is 4.79 Å². The van der Waals surface area contributed by atoms with E-state index >= 15 is 0 Å². The zero-order chi connectivity index (χ0) is 13.2. The first-order valence-corrected chi connectivity index (χ1v) is 6.97. The van der Waals surface area contributed by atoms with Crippen molar-refractivity contribution in [3.8, 4) is 0 Å². The van der Waals surface area contributed by atoms with Crippen LogP contribution in [0.2, 0.25) is 0 Å². The van der Waals surface area contributed by atoms with Crippen molar-refractivity contribution in [1.29, 1.82) is 0 Å². The van der Waals surface area contributed by atoms with Crippen LogP contribution < -0.4 is 4.90 Å². The second-order valence-corrected chi connectivity index (χ2v) is 5.33. The van der Waals surface area contributed by atoms with E-state index in [2.05, 4.69) is 4.90 Å². The molecule has 1 aromatic rings. The maximum atomic E-state index is 11.0. The molecule has 0 aromatic heterocycles. The molecule has 0 amide bonds. The average Bonchev–Trinajstić information content (AvgIpc) is 2.82. The zero-order valence-corrected chi connectivity index (χ0v) is 11.0. The van der Waals surface area contributed by atoms with E-state index in [1.165, 1.54) is 18.5 Å². The third kappa shape index (κ3) is 2.59. The highest BCUT2D eigenvalue weighted by Gasteiger charge is 2.24. The first kappa shape index (κ1) is 12.5. The number of carboxylic acids is 1. The number of aromatic carboxylic acids is 1. The molecule has 2 aliphatic rings. The molecule has 2 aliphatic heterocycles. The molecule has 102 valence electrons. The van der Waals surface area contributed by atoms with Crippen molar-refractivity contribution in [3.63, 3.8) is 0 Å². The second-order valence-electron chi connectivity index (χ2n) is 5.33. The number of hydrogen-bond acceptors (Lipinski definition) is 3. The normalized spacial score (nSPS) is 22.3. The molecule has 1 aromatic carbocycles. The molecule has 0 saturated carbocycles. The van der Waals surface area contributed by atoms with Crippen LogP contribution >= 0.6 is 0 Å². The topological polar surface area (TPSA) is 49.8 Å². The van der Waals surface area contributed by atoms with Gasteiger partial charge in [-0.15, -0.1) is 0 Å². The number of anilines is 1. The van der Waals surface area contributed by atoms with Gasteiger partial charge in [-0.05, 0) is 49.4 Å². The van der Waals surface area contributed by atoms with Gasteiger partial charge in [0.1, 0.15) is 0 Å².